The molecule has 5 aromatic rings. The van der Waals surface area contributed by atoms with Crippen molar-refractivity contribution in [2.75, 3.05) is 42.6 Å². The maximum absolute atomic E-state index is 9.50. The van der Waals surface area contributed by atoms with E-state index in [2.05, 4.69) is 107 Å². The van der Waals surface area contributed by atoms with Crippen LogP contribution in [0.3, 0.4) is 0 Å². The molecule has 0 saturated carbocycles. The molecule has 0 bridgehead atoms. The summed E-state index contributed by atoms with van der Waals surface area (Å²) < 4.78 is 12.8. The van der Waals surface area contributed by atoms with E-state index in [9.17, 15) is 5.26 Å². The van der Waals surface area contributed by atoms with Gasteiger partial charge in [0.1, 0.15) is 5.75 Å². The van der Waals surface area contributed by atoms with E-state index in [1.165, 1.54) is 27.7 Å². The van der Waals surface area contributed by atoms with Gasteiger partial charge in [-0.1, -0.05) is 66.7 Å². The molecule has 0 amide bonds. The molecular formula is C38H31N3O2. The summed E-state index contributed by atoms with van der Waals surface area (Å²) in [6, 6.07) is 38.3. The van der Waals surface area contributed by atoms with Gasteiger partial charge < -0.3 is 19.3 Å². The molecule has 3 aliphatic heterocycles. The Kier molecular flexibility index (Phi) is 6.17. The lowest BCUT2D eigenvalue weighted by Crippen LogP contribution is -2.36. The van der Waals surface area contributed by atoms with E-state index in [-0.39, 0.29) is 0 Å². The minimum atomic E-state index is -0.854. The summed E-state index contributed by atoms with van der Waals surface area (Å²) in [5.74, 6) is 0.849. The van der Waals surface area contributed by atoms with Crippen LogP contribution in [0.15, 0.2) is 109 Å². The van der Waals surface area contributed by atoms with Gasteiger partial charge >= 0.3 is 0 Å². The number of benzene rings is 5. The molecule has 3 aliphatic rings. The Hall–Kier alpha value is -5.05. The molecular weight excluding hydrogens is 530 g/mol. The number of morpholine rings is 1. The number of ether oxygens (including phenoxy) is 2. The highest BCUT2D eigenvalue weighted by Gasteiger charge is 2.38. The number of para-hydroxylation sites is 1. The number of hydrogen-bond donors (Lipinski definition) is 0. The van der Waals surface area contributed by atoms with Crippen molar-refractivity contribution in [1.29, 1.82) is 5.26 Å². The van der Waals surface area contributed by atoms with Crippen molar-refractivity contribution in [2.45, 2.75) is 12.0 Å². The lowest BCUT2D eigenvalue weighted by molar-refractivity contribution is 0.122. The first-order chi connectivity index (χ1) is 21.2. The number of fused-ring (bicyclic) bond motifs is 4. The molecule has 1 fully saturated rings. The molecule has 1 atom stereocenters. The maximum Gasteiger partial charge on any atom is 0.178 e. The zero-order valence-corrected chi connectivity index (χ0v) is 23.9. The third-order valence-electron chi connectivity index (χ3n) is 9.08. The lowest BCUT2D eigenvalue weighted by Gasteiger charge is -2.37. The van der Waals surface area contributed by atoms with Crippen molar-refractivity contribution in [3.8, 4) is 11.8 Å². The Balaban J connectivity index is 1.28. The first-order valence-corrected chi connectivity index (χ1v) is 15.0. The molecule has 43 heavy (non-hydrogen) atoms. The van der Waals surface area contributed by atoms with Crippen LogP contribution in [0.5, 0.6) is 5.75 Å². The smallest absolute Gasteiger partial charge is 0.178 e. The summed E-state index contributed by atoms with van der Waals surface area (Å²) in [7, 11) is 0. The van der Waals surface area contributed by atoms with Crippen LogP contribution >= 0.6 is 0 Å². The summed E-state index contributed by atoms with van der Waals surface area (Å²) in [5, 5.41) is 11.9. The molecule has 8 rings (SSSR count). The number of anilines is 3. The Labute approximate surface area is 251 Å². The molecule has 1 saturated heterocycles. The van der Waals surface area contributed by atoms with Crippen LogP contribution in [0.4, 0.5) is 17.1 Å². The monoisotopic (exact) mass is 561 g/mol. The molecule has 5 aromatic carbocycles. The first kappa shape index (κ1) is 25.6. The standard InChI is InChI=1S/C38H31N3O2/c39-26-27-9-11-29(12-10-27)38(30-13-15-31(16-14-30)40-21-23-42-24-22-40)19-17-34-32-6-2-3-7-33(32)36(25-37(34)43-38)41-20-18-28-5-1-4-8-35(28)41/h1-17,19,25H,18,20-24H2. The predicted octanol–water partition coefficient (Wildman–Crippen LogP) is 7.59. The lowest BCUT2D eigenvalue weighted by atomic mass is 9.82. The molecule has 5 heteroatoms. The average Bonchev–Trinajstić information content (AvgIpc) is 3.52. The maximum atomic E-state index is 9.50. The third-order valence-corrected chi connectivity index (χ3v) is 9.08. The normalized spacial score (nSPS) is 19.0. The minimum absolute atomic E-state index is 0.628. The zero-order chi connectivity index (χ0) is 28.8. The van der Waals surface area contributed by atoms with Crippen LogP contribution in [0, 0.1) is 11.3 Å². The van der Waals surface area contributed by atoms with Gasteiger partial charge in [-0.25, -0.2) is 0 Å². The van der Waals surface area contributed by atoms with Gasteiger partial charge in [0.25, 0.3) is 0 Å². The number of nitriles is 1. The largest absolute Gasteiger partial charge is 0.473 e. The van der Waals surface area contributed by atoms with E-state index in [1.54, 1.807) is 0 Å². The van der Waals surface area contributed by atoms with E-state index in [1.807, 2.05) is 24.3 Å². The summed E-state index contributed by atoms with van der Waals surface area (Å²) in [6.07, 6.45) is 5.42. The van der Waals surface area contributed by atoms with E-state index >= 15 is 0 Å². The van der Waals surface area contributed by atoms with Gasteiger partial charge in [0.15, 0.2) is 5.60 Å². The summed E-state index contributed by atoms with van der Waals surface area (Å²) >= 11 is 0. The van der Waals surface area contributed by atoms with Crippen LogP contribution in [0.2, 0.25) is 0 Å². The van der Waals surface area contributed by atoms with Crippen LogP contribution in [0.25, 0.3) is 16.8 Å². The Morgan fingerprint density at radius 2 is 1.42 bits per heavy atom. The molecule has 0 aliphatic carbocycles. The molecule has 0 N–H and O–H groups in total. The number of rotatable bonds is 4. The summed E-state index contributed by atoms with van der Waals surface area (Å²) in [4.78, 5) is 4.79. The summed E-state index contributed by atoms with van der Waals surface area (Å²) in [5.41, 5.74) is 7.85. The van der Waals surface area contributed by atoms with Crippen molar-refractivity contribution in [1.82, 2.24) is 0 Å². The third kappa shape index (κ3) is 4.26. The van der Waals surface area contributed by atoms with E-state index in [0.717, 1.165) is 67.4 Å². The fraction of sp³-hybridized carbons (Fsp3) is 0.184. The van der Waals surface area contributed by atoms with E-state index < -0.39 is 5.60 Å². The van der Waals surface area contributed by atoms with Gasteiger partial charge in [0.2, 0.25) is 0 Å². The van der Waals surface area contributed by atoms with Crippen molar-refractivity contribution < 1.29 is 9.47 Å². The van der Waals surface area contributed by atoms with E-state index in [4.69, 9.17) is 9.47 Å². The highest BCUT2D eigenvalue weighted by Crippen LogP contribution is 2.48. The first-order valence-electron chi connectivity index (χ1n) is 15.0. The van der Waals surface area contributed by atoms with Crippen molar-refractivity contribution in [3.05, 3.63) is 137 Å². The van der Waals surface area contributed by atoms with Gasteiger partial charge in [-0.15, -0.1) is 0 Å². The molecule has 0 spiro atoms. The predicted molar refractivity (Wildman–Crippen MR) is 172 cm³/mol. The topological polar surface area (TPSA) is 48.7 Å². The summed E-state index contributed by atoms with van der Waals surface area (Å²) in [6.45, 7) is 4.20. The number of hydrogen-bond acceptors (Lipinski definition) is 5. The highest BCUT2D eigenvalue weighted by atomic mass is 16.5. The second-order valence-electron chi connectivity index (χ2n) is 11.4. The second kappa shape index (κ2) is 10.3. The number of nitrogens with zero attached hydrogens (tertiary/aromatic N) is 3. The molecule has 210 valence electrons. The van der Waals surface area contributed by atoms with Gasteiger partial charge in [0.05, 0.1) is 30.5 Å². The van der Waals surface area contributed by atoms with Crippen LogP contribution in [-0.4, -0.2) is 32.8 Å². The van der Waals surface area contributed by atoms with Gasteiger partial charge in [-0.05, 0) is 59.9 Å². The van der Waals surface area contributed by atoms with Crippen molar-refractivity contribution >= 4 is 33.9 Å². The second-order valence-corrected chi connectivity index (χ2v) is 11.4. The molecule has 5 nitrogen and oxygen atoms in total. The van der Waals surface area contributed by atoms with Gasteiger partial charge in [-0.3, -0.25) is 0 Å². The Morgan fingerprint density at radius 1 is 0.721 bits per heavy atom. The fourth-order valence-electron chi connectivity index (χ4n) is 6.84. The average molecular weight is 562 g/mol. The van der Waals surface area contributed by atoms with Gasteiger partial charge in [0, 0.05) is 59.2 Å². The van der Waals surface area contributed by atoms with Crippen LogP contribution < -0.4 is 14.5 Å². The molecule has 0 aromatic heterocycles. The Morgan fingerprint density at radius 3 is 2.19 bits per heavy atom. The van der Waals surface area contributed by atoms with Crippen molar-refractivity contribution in [2.24, 2.45) is 0 Å². The van der Waals surface area contributed by atoms with E-state index in [0.29, 0.717) is 5.56 Å². The quantitative estimate of drug-likeness (QED) is 0.226. The van der Waals surface area contributed by atoms with Crippen LogP contribution in [-0.2, 0) is 16.8 Å². The van der Waals surface area contributed by atoms with Crippen molar-refractivity contribution in [3.63, 3.8) is 0 Å². The molecule has 1 unspecified atom stereocenters. The minimum Gasteiger partial charge on any atom is -0.473 e. The SMILES string of the molecule is N#Cc1ccc(C2(c3ccc(N4CCOCC4)cc3)C=Cc3c(cc(N4CCc5ccccc54)c4ccccc34)O2)cc1. The fourth-order valence-corrected chi connectivity index (χ4v) is 6.84. The Bertz CT molecular complexity index is 1900. The molecule has 0 radical (unpaired) electrons. The zero-order valence-electron chi connectivity index (χ0n) is 23.9. The highest BCUT2D eigenvalue weighted by molar-refractivity contribution is 6.03. The molecule has 3 heterocycles. The van der Waals surface area contributed by atoms with Crippen LogP contribution in [0.1, 0.15) is 27.8 Å². The van der Waals surface area contributed by atoms with Gasteiger partial charge in [-0.2, -0.15) is 5.26 Å².